The highest BCUT2D eigenvalue weighted by atomic mass is 16.4. The van der Waals surface area contributed by atoms with Crippen LogP contribution in [0.3, 0.4) is 0 Å². The Labute approximate surface area is 148 Å². The molecule has 25 heavy (non-hydrogen) atoms. The first-order chi connectivity index (χ1) is 11.5. The predicted octanol–water partition coefficient (Wildman–Crippen LogP) is 2.10. The molecule has 4 rings (SSSR count). The molecule has 5 nitrogen and oxygen atoms in total. The van der Waals surface area contributed by atoms with E-state index in [0.717, 1.165) is 12.0 Å². The highest BCUT2D eigenvalue weighted by Crippen LogP contribution is 2.73. The molecule has 0 amide bonds. The van der Waals surface area contributed by atoms with E-state index in [1.165, 1.54) is 0 Å². The Morgan fingerprint density at radius 3 is 2.44 bits per heavy atom. The number of aliphatic carboxylic acids is 1. The molecule has 0 unspecified atom stereocenters. The van der Waals surface area contributed by atoms with E-state index in [2.05, 4.69) is 6.58 Å². The molecule has 8 atom stereocenters. The maximum Gasteiger partial charge on any atom is 0.309 e. The Bertz CT molecular complexity index is 646. The first kappa shape index (κ1) is 17.5. The maximum absolute atomic E-state index is 12.1. The second-order valence-electron chi connectivity index (χ2n) is 9.58. The number of carboxylic acid groups (broad SMARTS) is 1. The molecule has 4 aliphatic rings. The molecule has 0 saturated heterocycles. The molecule has 0 aromatic carbocycles. The Hall–Kier alpha value is -0.910. The highest BCUT2D eigenvalue weighted by molar-refractivity contribution is 5.75. The second-order valence-corrected chi connectivity index (χ2v) is 9.58. The second kappa shape index (κ2) is 4.87. The predicted molar refractivity (Wildman–Crippen MR) is 91.7 cm³/mol. The summed E-state index contributed by atoms with van der Waals surface area (Å²) < 4.78 is 0. The number of hydrogen-bond donors (Lipinski definition) is 4. The third-order valence-electron chi connectivity index (χ3n) is 9.07. The van der Waals surface area contributed by atoms with Gasteiger partial charge in [-0.25, -0.2) is 0 Å². The molecule has 4 N–H and O–H groups in total. The molecule has 140 valence electrons. The van der Waals surface area contributed by atoms with Gasteiger partial charge in [0.25, 0.3) is 0 Å². The molecule has 0 heterocycles. The van der Waals surface area contributed by atoms with Crippen molar-refractivity contribution in [3.8, 4) is 0 Å². The van der Waals surface area contributed by atoms with E-state index >= 15 is 0 Å². The van der Waals surface area contributed by atoms with E-state index in [1.54, 1.807) is 6.92 Å². The van der Waals surface area contributed by atoms with Crippen molar-refractivity contribution in [2.75, 3.05) is 0 Å². The molecule has 0 radical (unpaired) electrons. The van der Waals surface area contributed by atoms with Crippen LogP contribution in [0.15, 0.2) is 12.2 Å². The molecule has 1 spiro atoms. The van der Waals surface area contributed by atoms with Gasteiger partial charge in [0.05, 0.1) is 23.2 Å². The lowest BCUT2D eigenvalue weighted by molar-refractivity contribution is -0.303. The smallest absolute Gasteiger partial charge is 0.309 e. The van der Waals surface area contributed by atoms with Crippen LogP contribution in [0.4, 0.5) is 0 Å². The minimum atomic E-state index is -1.27. The number of fused-ring (bicyclic) bond motifs is 3. The molecule has 4 fully saturated rings. The SMILES string of the molecule is C=C1[C@@H]2CC[C@]3(O)[C@@](CC[C@H]4[C@@]3(C)[C@H](O)CC[C@@]4(C)C(=O)O)(C2)[C@@H]1O. The molecular weight excluding hydrogens is 320 g/mol. The van der Waals surface area contributed by atoms with Crippen LogP contribution in [0.25, 0.3) is 0 Å². The van der Waals surface area contributed by atoms with Crippen molar-refractivity contribution in [2.24, 2.45) is 28.1 Å². The first-order valence-electron chi connectivity index (χ1n) is 9.55. The normalized spacial score (nSPS) is 57.7. The van der Waals surface area contributed by atoms with Gasteiger partial charge in [-0.1, -0.05) is 13.5 Å². The molecule has 4 aliphatic carbocycles. The van der Waals surface area contributed by atoms with Crippen molar-refractivity contribution in [1.29, 1.82) is 0 Å². The van der Waals surface area contributed by atoms with Crippen molar-refractivity contribution in [3.05, 3.63) is 12.2 Å². The fraction of sp³-hybridized carbons (Fsp3) is 0.850. The zero-order valence-corrected chi connectivity index (χ0v) is 15.2. The average Bonchev–Trinajstić information content (AvgIpc) is 2.77. The number of hydrogen-bond acceptors (Lipinski definition) is 4. The van der Waals surface area contributed by atoms with Gasteiger partial charge in [-0.15, -0.1) is 0 Å². The minimum Gasteiger partial charge on any atom is -0.481 e. The molecule has 5 heteroatoms. The monoisotopic (exact) mass is 350 g/mol. The lowest BCUT2D eigenvalue weighted by Gasteiger charge is -2.69. The van der Waals surface area contributed by atoms with Crippen molar-refractivity contribution in [3.63, 3.8) is 0 Å². The van der Waals surface area contributed by atoms with Crippen LogP contribution in [0.5, 0.6) is 0 Å². The Balaban J connectivity index is 1.89. The van der Waals surface area contributed by atoms with Crippen molar-refractivity contribution in [2.45, 2.75) is 76.6 Å². The third kappa shape index (κ3) is 1.68. The van der Waals surface area contributed by atoms with Crippen LogP contribution in [-0.2, 0) is 4.79 Å². The zero-order valence-electron chi connectivity index (χ0n) is 15.2. The molecule has 0 aromatic heterocycles. The van der Waals surface area contributed by atoms with Gasteiger partial charge in [0.15, 0.2) is 0 Å². The summed E-state index contributed by atoms with van der Waals surface area (Å²) in [6.07, 6.45) is 2.39. The van der Waals surface area contributed by atoms with Crippen LogP contribution in [0, 0.1) is 28.1 Å². The van der Waals surface area contributed by atoms with Crippen LogP contribution in [0.1, 0.15) is 58.8 Å². The summed E-state index contributed by atoms with van der Waals surface area (Å²) >= 11 is 0. The van der Waals surface area contributed by atoms with Gasteiger partial charge in [0.1, 0.15) is 0 Å². The van der Waals surface area contributed by atoms with Crippen molar-refractivity contribution in [1.82, 2.24) is 0 Å². The summed E-state index contributed by atoms with van der Waals surface area (Å²) in [4.78, 5) is 12.1. The average molecular weight is 350 g/mol. The van der Waals surface area contributed by atoms with E-state index < -0.39 is 40.0 Å². The summed E-state index contributed by atoms with van der Waals surface area (Å²) in [7, 11) is 0. The molecule has 4 saturated carbocycles. The molecular formula is C20H30O5. The van der Waals surface area contributed by atoms with Crippen LogP contribution in [0.2, 0.25) is 0 Å². The summed E-state index contributed by atoms with van der Waals surface area (Å²) in [5, 5.41) is 43.9. The van der Waals surface area contributed by atoms with E-state index in [4.69, 9.17) is 0 Å². The Morgan fingerprint density at radius 1 is 1.12 bits per heavy atom. The van der Waals surface area contributed by atoms with E-state index in [9.17, 15) is 25.2 Å². The minimum absolute atomic E-state index is 0.224. The fourth-order valence-electron chi connectivity index (χ4n) is 7.47. The number of carbonyl (C=O) groups is 1. The first-order valence-corrected chi connectivity index (χ1v) is 9.55. The van der Waals surface area contributed by atoms with Gasteiger partial charge in [0.2, 0.25) is 0 Å². The van der Waals surface area contributed by atoms with Gasteiger partial charge >= 0.3 is 5.97 Å². The largest absolute Gasteiger partial charge is 0.481 e. The Morgan fingerprint density at radius 2 is 1.80 bits per heavy atom. The van der Waals surface area contributed by atoms with E-state index in [1.807, 2.05) is 6.92 Å². The lowest BCUT2D eigenvalue weighted by atomic mass is 9.38. The van der Waals surface area contributed by atoms with Gasteiger partial charge in [-0.3, -0.25) is 4.79 Å². The third-order valence-corrected chi connectivity index (χ3v) is 9.07. The number of aliphatic hydroxyl groups is 3. The lowest BCUT2D eigenvalue weighted by Crippen LogP contribution is -2.74. The summed E-state index contributed by atoms with van der Waals surface area (Å²) in [5.41, 5.74) is -3.05. The molecule has 0 aliphatic heterocycles. The number of aliphatic hydroxyl groups excluding tert-OH is 2. The summed E-state index contributed by atoms with van der Waals surface area (Å²) in [6, 6.07) is 0. The molecule has 2 bridgehead atoms. The van der Waals surface area contributed by atoms with Crippen molar-refractivity contribution >= 4 is 5.97 Å². The molecule has 0 aromatic rings. The van der Waals surface area contributed by atoms with Gasteiger partial charge in [-0.05, 0) is 69.3 Å². The zero-order chi connectivity index (χ0) is 18.4. The van der Waals surface area contributed by atoms with Gasteiger partial charge in [-0.2, -0.15) is 0 Å². The topological polar surface area (TPSA) is 98.0 Å². The number of carboxylic acids is 1. The summed E-state index contributed by atoms with van der Waals surface area (Å²) in [6.45, 7) is 7.72. The van der Waals surface area contributed by atoms with E-state index in [-0.39, 0.29) is 11.8 Å². The van der Waals surface area contributed by atoms with Crippen molar-refractivity contribution < 1.29 is 25.2 Å². The van der Waals surface area contributed by atoms with Gasteiger partial charge in [0, 0.05) is 10.8 Å². The standard InChI is InChI=1S/C20H30O5/c1-11-12-4-9-20(25)18(3)13(5-8-19(20,10-12)15(11)22)17(2,16(23)24)7-6-14(18)21/h12-15,21-22,25H,1,4-10H2,2-3H3,(H,23,24)/t12-,13-,14-,15-,17-,18+,19+,20-/m1/s1. The van der Waals surface area contributed by atoms with Crippen LogP contribution >= 0.6 is 0 Å². The van der Waals surface area contributed by atoms with Crippen LogP contribution in [-0.4, -0.2) is 44.2 Å². The quantitative estimate of drug-likeness (QED) is 0.543. The number of rotatable bonds is 1. The maximum atomic E-state index is 12.1. The van der Waals surface area contributed by atoms with Gasteiger partial charge < -0.3 is 20.4 Å². The summed E-state index contributed by atoms with van der Waals surface area (Å²) in [5.74, 6) is -0.934. The Kier molecular flexibility index (Phi) is 3.41. The fourth-order valence-corrected chi connectivity index (χ4v) is 7.47. The van der Waals surface area contributed by atoms with Crippen LogP contribution < -0.4 is 0 Å². The highest BCUT2D eigenvalue weighted by Gasteiger charge is 2.76. The van der Waals surface area contributed by atoms with E-state index in [0.29, 0.717) is 38.5 Å².